The molecule has 0 radical (unpaired) electrons. The fraction of sp³-hybridized carbons (Fsp3) is 0.400. The summed E-state index contributed by atoms with van der Waals surface area (Å²) < 4.78 is 17.3. The molecule has 4 aromatic rings. The van der Waals surface area contributed by atoms with Crippen LogP contribution < -0.4 is 0 Å². The molecule has 0 atom stereocenters. The number of aryl methyl sites for hydroxylation is 1. The van der Waals surface area contributed by atoms with Crippen LogP contribution in [0.5, 0.6) is 0 Å². The van der Waals surface area contributed by atoms with Crippen LogP contribution in [0.4, 0.5) is 4.39 Å². The third-order valence-corrected chi connectivity index (χ3v) is 7.84. The molecular weight excluding hydrogens is 379 g/mol. The zero-order chi connectivity index (χ0) is 18.5. The second-order valence-corrected chi connectivity index (χ2v) is 9.34. The Bertz CT molecular complexity index is 1090. The molecule has 0 unspecified atom stereocenters. The van der Waals surface area contributed by atoms with E-state index in [1.807, 2.05) is 30.6 Å². The van der Waals surface area contributed by atoms with Crippen LogP contribution in [0.25, 0.3) is 31.0 Å². The van der Waals surface area contributed by atoms with Crippen molar-refractivity contribution >= 4 is 43.1 Å². The van der Waals surface area contributed by atoms with Crippen molar-refractivity contribution in [3.8, 4) is 10.6 Å². The minimum absolute atomic E-state index is 0.287. The molecule has 0 N–H and O–H groups in total. The SMILES string of the molecule is CCN1CCC(c2cc3sc(-c4cc(F)c5nn(C)cc5c4)nc3s2)CC1. The number of likely N-dealkylation sites (tertiary alicyclic amines) is 1. The number of thiazole rings is 1. The number of piperidine rings is 1. The van der Waals surface area contributed by atoms with Gasteiger partial charge < -0.3 is 4.90 Å². The second-order valence-electron chi connectivity index (χ2n) is 7.24. The first kappa shape index (κ1) is 17.3. The number of fused-ring (bicyclic) bond motifs is 2. The van der Waals surface area contributed by atoms with E-state index in [0.29, 0.717) is 11.4 Å². The number of rotatable bonds is 3. The number of benzene rings is 1. The summed E-state index contributed by atoms with van der Waals surface area (Å²) >= 11 is 3.47. The zero-order valence-electron chi connectivity index (χ0n) is 15.4. The predicted octanol–water partition coefficient (Wildman–Crippen LogP) is 5.25. The smallest absolute Gasteiger partial charge is 0.152 e. The molecule has 0 saturated carbocycles. The first-order valence-corrected chi connectivity index (χ1v) is 11.0. The standard InChI is InChI=1S/C20H21FN4S2/c1-3-25-6-4-12(5-7-25)16-10-17-20(26-16)22-19(27-17)13-8-14-11-24(2)23-18(14)15(21)9-13/h8-12H,3-7H2,1-2H3. The highest BCUT2D eigenvalue weighted by Gasteiger charge is 2.22. The first-order chi connectivity index (χ1) is 13.1. The topological polar surface area (TPSA) is 34.0 Å². The lowest BCUT2D eigenvalue weighted by atomic mass is 9.95. The second kappa shape index (κ2) is 6.65. The van der Waals surface area contributed by atoms with E-state index in [0.717, 1.165) is 27.3 Å². The normalized spacial score (nSPS) is 16.7. The van der Waals surface area contributed by atoms with Crippen molar-refractivity contribution in [3.63, 3.8) is 0 Å². The van der Waals surface area contributed by atoms with Crippen molar-refractivity contribution in [2.24, 2.45) is 7.05 Å². The third kappa shape index (κ3) is 3.07. The van der Waals surface area contributed by atoms with Crippen LogP contribution in [0.15, 0.2) is 24.4 Å². The Morgan fingerprint density at radius 3 is 2.74 bits per heavy atom. The van der Waals surface area contributed by atoms with Gasteiger partial charge in [-0.25, -0.2) is 9.37 Å². The zero-order valence-corrected chi connectivity index (χ0v) is 17.0. The Labute approximate surface area is 165 Å². The summed E-state index contributed by atoms with van der Waals surface area (Å²) in [6.07, 6.45) is 4.31. The largest absolute Gasteiger partial charge is 0.304 e. The Kier molecular flexibility index (Phi) is 4.26. The van der Waals surface area contributed by atoms with E-state index in [9.17, 15) is 4.39 Å². The molecule has 27 heavy (non-hydrogen) atoms. The lowest BCUT2D eigenvalue weighted by Crippen LogP contribution is -2.32. The summed E-state index contributed by atoms with van der Waals surface area (Å²) in [6.45, 7) is 5.76. The van der Waals surface area contributed by atoms with E-state index >= 15 is 0 Å². The van der Waals surface area contributed by atoms with Gasteiger partial charge in [0.15, 0.2) is 5.82 Å². The van der Waals surface area contributed by atoms with Crippen molar-refractivity contribution in [1.29, 1.82) is 0 Å². The molecule has 0 bridgehead atoms. The molecule has 1 aliphatic heterocycles. The highest BCUT2D eigenvalue weighted by atomic mass is 32.1. The number of aromatic nitrogens is 3. The monoisotopic (exact) mass is 400 g/mol. The molecule has 140 valence electrons. The lowest BCUT2D eigenvalue weighted by molar-refractivity contribution is 0.223. The van der Waals surface area contributed by atoms with E-state index in [1.54, 1.807) is 22.1 Å². The minimum Gasteiger partial charge on any atom is -0.304 e. The number of nitrogens with zero attached hydrogens (tertiary/aromatic N) is 4. The van der Waals surface area contributed by atoms with Gasteiger partial charge in [0.25, 0.3) is 0 Å². The molecule has 0 aliphatic carbocycles. The number of halogens is 1. The molecular formula is C20H21FN4S2. The van der Waals surface area contributed by atoms with Gasteiger partial charge in [-0.05, 0) is 56.6 Å². The summed E-state index contributed by atoms with van der Waals surface area (Å²) in [7, 11) is 1.81. The van der Waals surface area contributed by atoms with Crippen LogP contribution in [0.3, 0.4) is 0 Å². The summed E-state index contributed by atoms with van der Waals surface area (Å²) in [4.78, 5) is 9.87. The van der Waals surface area contributed by atoms with Crippen molar-refractivity contribution in [2.45, 2.75) is 25.7 Å². The first-order valence-electron chi connectivity index (χ1n) is 9.36. The van der Waals surface area contributed by atoms with Crippen molar-refractivity contribution in [3.05, 3.63) is 35.1 Å². The molecule has 0 amide bonds. The predicted molar refractivity (Wildman–Crippen MR) is 111 cm³/mol. The van der Waals surface area contributed by atoms with E-state index in [1.165, 1.54) is 35.5 Å². The van der Waals surface area contributed by atoms with Crippen molar-refractivity contribution < 1.29 is 4.39 Å². The average molecular weight is 401 g/mol. The van der Waals surface area contributed by atoms with Gasteiger partial charge in [0, 0.05) is 29.1 Å². The van der Waals surface area contributed by atoms with Gasteiger partial charge in [-0.2, -0.15) is 5.10 Å². The maximum Gasteiger partial charge on any atom is 0.152 e. The number of hydrogen-bond acceptors (Lipinski definition) is 5. The summed E-state index contributed by atoms with van der Waals surface area (Å²) in [5.74, 6) is 0.372. The molecule has 0 spiro atoms. The van der Waals surface area contributed by atoms with Gasteiger partial charge in [0.05, 0.1) is 4.70 Å². The highest BCUT2D eigenvalue weighted by molar-refractivity contribution is 7.28. The van der Waals surface area contributed by atoms with Gasteiger partial charge in [-0.3, -0.25) is 4.68 Å². The van der Waals surface area contributed by atoms with Crippen LogP contribution in [0.2, 0.25) is 0 Å². The Balaban J connectivity index is 1.45. The van der Waals surface area contributed by atoms with Crippen molar-refractivity contribution in [1.82, 2.24) is 19.7 Å². The molecule has 5 rings (SSSR count). The van der Waals surface area contributed by atoms with Crippen LogP contribution in [0.1, 0.15) is 30.6 Å². The fourth-order valence-corrected chi connectivity index (χ4v) is 6.33. The maximum atomic E-state index is 14.4. The third-order valence-electron chi connectivity index (χ3n) is 5.47. The molecule has 1 aromatic carbocycles. The van der Waals surface area contributed by atoms with Gasteiger partial charge in [0.2, 0.25) is 0 Å². The van der Waals surface area contributed by atoms with Crippen LogP contribution in [-0.2, 0) is 7.05 Å². The molecule has 1 fully saturated rings. The molecule has 4 heterocycles. The molecule has 4 nitrogen and oxygen atoms in total. The van der Waals surface area contributed by atoms with Crippen LogP contribution in [-0.4, -0.2) is 39.3 Å². The molecule has 7 heteroatoms. The molecule has 1 aliphatic rings. The highest BCUT2D eigenvalue weighted by Crippen LogP contribution is 2.41. The fourth-order valence-electron chi connectivity index (χ4n) is 3.95. The van der Waals surface area contributed by atoms with Gasteiger partial charge in [-0.1, -0.05) is 6.92 Å². The van der Waals surface area contributed by atoms with Crippen LogP contribution >= 0.6 is 22.7 Å². The average Bonchev–Trinajstić information content (AvgIpc) is 3.34. The van der Waals surface area contributed by atoms with Gasteiger partial charge >= 0.3 is 0 Å². The van der Waals surface area contributed by atoms with Gasteiger partial charge in [0.1, 0.15) is 15.4 Å². The van der Waals surface area contributed by atoms with E-state index in [-0.39, 0.29) is 5.82 Å². The van der Waals surface area contributed by atoms with E-state index in [4.69, 9.17) is 4.98 Å². The minimum atomic E-state index is -0.287. The summed E-state index contributed by atoms with van der Waals surface area (Å²) in [5, 5.41) is 5.88. The molecule has 1 saturated heterocycles. The lowest BCUT2D eigenvalue weighted by Gasteiger charge is -2.30. The number of hydrogen-bond donors (Lipinski definition) is 0. The van der Waals surface area contributed by atoms with Gasteiger partial charge in [-0.15, -0.1) is 22.7 Å². The van der Waals surface area contributed by atoms with E-state index < -0.39 is 0 Å². The number of thiophene rings is 1. The summed E-state index contributed by atoms with van der Waals surface area (Å²) in [6, 6.07) is 5.85. The Hall–Kier alpha value is -1.83. The van der Waals surface area contributed by atoms with E-state index in [2.05, 4.69) is 23.0 Å². The maximum absolute atomic E-state index is 14.4. The molecule has 3 aromatic heterocycles. The van der Waals surface area contributed by atoms with Crippen molar-refractivity contribution in [2.75, 3.05) is 19.6 Å². The summed E-state index contributed by atoms with van der Waals surface area (Å²) in [5.41, 5.74) is 1.25. The quantitative estimate of drug-likeness (QED) is 0.471. The Morgan fingerprint density at radius 2 is 2.00 bits per heavy atom. The van der Waals surface area contributed by atoms with Crippen LogP contribution in [0, 0.1) is 5.82 Å². The Morgan fingerprint density at radius 1 is 1.19 bits per heavy atom.